The Kier molecular flexibility index (Phi) is 7.17. The summed E-state index contributed by atoms with van der Waals surface area (Å²) in [6, 6.07) is 13.0. The summed E-state index contributed by atoms with van der Waals surface area (Å²) in [5, 5.41) is 12.7. The number of anilines is 1. The van der Waals surface area contributed by atoms with Gasteiger partial charge in [-0.2, -0.15) is 0 Å². The number of aromatic hydroxyl groups is 1. The minimum Gasteiger partial charge on any atom is -0.508 e. The zero-order valence-corrected chi connectivity index (χ0v) is 18.5. The molecule has 2 aliphatic rings. The molecule has 0 aromatic heterocycles. The Hall–Kier alpha value is -3.19. The lowest BCUT2D eigenvalue weighted by molar-refractivity contribution is -0.117. The molecular weight excluding hydrogens is 406 g/mol. The van der Waals surface area contributed by atoms with Crippen molar-refractivity contribution in [2.45, 2.75) is 12.8 Å². The molecule has 2 aliphatic heterocycles. The van der Waals surface area contributed by atoms with E-state index in [1.54, 1.807) is 13.2 Å². The number of carbonyl (C=O) groups excluding carboxylic acids is 1. The largest absolute Gasteiger partial charge is 0.508 e. The van der Waals surface area contributed by atoms with Crippen molar-refractivity contribution in [2.75, 3.05) is 57.9 Å². The quantitative estimate of drug-likeness (QED) is 0.619. The van der Waals surface area contributed by atoms with Crippen LogP contribution >= 0.6 is 0 Å². The van der Waals surface area contributed by atoms with E-state index in [0.717, 1.165) is 68.3 Å². The van der Waals surface area contributed by atoms with E-state index >= 15 is 0 Å². The molecule has 2 aromatic carbocycles. The van der Waals surface area contributed by atoms with Gasteiger partial charge in [-0.15, -0.1) is 0 Å². The molecule has 1 amide bonds. The van der Waals surface area contributed by atoms with Crippen LogP contribution in [-0.2, 0) is 4.79 Å². The van der Waals surface area contributed by atoms with Gasteiger partial charge in [-0.3, -0.25) is 9.69 Å². The van der Waals surface area contributed by atoms with Crippen molar-refractivity contribution in [2.24, 2.45) is 0 Å². The SMILES string of the molecule is COc1ccc2c(c1)C=C(C(=O)NCCCCN1CCN(c3cccc(O)c3)CC1)CO2. The molecular formula is C25H31N3O4. The van der Waals surface area contributed by atoms with E-state index in [4.69, 9.17) is 9.47 Å². The highest BCUT2D eigenvalue weighted by Gasteiger charge is 2.19. The number of hydrogen-bond donors (Lipinski definition) is 2. The summed E-state index contributed by atoms with van der Waals surface area (Å²) in [7, 11) is 1.62. The Labute approximate surface area is 189 Å². The first-order chi connectivity index (χ1) is 15.6. The minimum absolute atomic E-state index is 0.0711. The first-order valence-electron chi connectivity index (χ1n) is 11.2. The van der Waals surface area contributed by atoms with Crippen molar-refractivity contribution >= 4 is 17.7 Å². The molecule has 2 aromatic rings. The van der Waals surface area contributed by atoms with E-state index in [9.17, 15) is 9.90 Å². The van der Waals surface area contributed by atoms with Gasteiger partial charge in [-0.05, 0) is 55.8 Å². The molecule has 0 spiro atoms. The standard InChI is InChI=1S/C25H31N3O4/c1-31-23-7-8-24-19(16-23)15-20(18-32-24)25(30)26-9-2-3-10-27-11-13-28(14-12-27)21-5-4-6-22(29)17-21/h4-8,15-17,29H,2-3,9-14,18H2,1H3,(H,26,30). The van der Waals surface area contributed by atoms with Gasteiger partial charge in [-0.25, -0.2) is 0 Å². The number of piperazine rings is 1. The van der Waals surface area contributed by atoms with E-state index in [-0.39, 0.29) is 12.5 Å². The molecule has 1 fully saturated rings. The molecule has 32 heavy (non-hydrogen) atoms. The molecule has 4 rings (SSSR count). The molecule has 1 saturated heterocycles. The number of ether oxygens (including phenoxy) is 2. The number of hydrogen-bond acceptors (Lipinski definition) is 6. The molecule has 7 nitrogen and oxygen atoms in total. The van der Waals surface area contributed by atoms with Gasteiger partial charge in [0.2, 0.25) is 0 Å². The molecule has 2 heterocycles. The van der Waals surface area contributed by atoms with Crippen LogP contribution in [0, 0.1) is 0 Å². The minimum atomic E-state index is -0.0711. The van der Waals surface area contributed by atoms with Gasteiger partial charge >= 0.3 is 0 Å². The lowest BCUT2D eigenvalue weighted by Crippen LogP contribution is -2.46. The molecule has 0 saturated carbocycles. The summed E-state index contributed by atoms with van der Waals surface area (Å²) in [6.45, 7) is 5.91. The number of phenols is 1. The Morgan fingerprint density at radius 2 is 1.97 bits per heavy atom. The second-order valence-electron chi connectivity index (χ2n) is 8.17. The summed E-state index contributed by atoms with van der Waals surface area (Å²) in [6.07, 6.45) is 3.86. The van der Waals surface area contributed by atoms with Crippen LogP contribution in [0.2, 0.25) is 0 Å². The Balaban J connectivity index is 1.15. The number of nitrogens with one attached hydrogen (secondary N) is 1. The fraction of sp³-hybridized carbons (Fsp3) is 0.400. The highest BCUT2D eigenvalue weighted by atomic mass is 16.5. The van der Waals surface area contributed by atoms with Crippen LogP contribution < -0.4 is 19.7 Å². The lowest BCUT2D eigenvalue weighted by atomic mass is 10.1. The molecule has 7 heteroatoms. The second-order valence-corrected chi connectivity index (χ2v) is 8.17. The number of nitrogens with zero attached hydrogens (tertiary/aromatic N) is 2. The first-order valence-corrected chi connectivity index (χ1v) is 11.2. The van der Waals surface area contributed by atoms with Crippen LogP contribution in [0.1, 0.15) is 18.4 Å². The van der Waals surface area contributed by atoms with E-state index in [0.29, 0.717) is 17.9 Å². The van der Waals surface area contributed by atoms with Crippen molar-refractivity contribution in [1.29, 1.82) is 0 Å². The average Bonchev–Trinajstić information content (AvgIpc) is 2.83. The smallest absolute Gasteiger partial charge is 0.250 e. The van der Waals surface area contributed by atoms with Crippen molar-refractivity contribution in [3.8, 4) is 17.2 Å². The summed E-state index contributed by atoms with van der Waals surface area (Å²) in [4.78, 5) is 17.3. The molecule has 0 unspecified atom stereocenters. The highest BCUT2D eigenvalue weighted by molar-refractivity contribution is 5.99. The maximum Gasteiger partial charge on any atom is 0.250 e. The maximum atomic E-state index is 12.5. The summed E-state index contributed by atoms with van der Waals surface area (Å²) in [5.74, 6) is 1.75. The predicted molar refractivity (Wildman–Crippen MR) is 125 cm³/mol. The van der Waals surface area contributed by atoms with E-state index in [1.165, 1.54) is 0 Å². The summed E-state index contributed by atoms with van der Waals surface area (Å²) < 4.78 is 11.0. The van der Waals surface area contributed by atoms with E-state index in [1.807, 2.05) is 42.5 Å². The number of benzene rings is 2. The second kappa shape index (κ2) is 10.4. The van der Waals surface area contributed by atoms with Gasteiger partial charge in [0.25, 0.3) is 5.91 Å². The lowest BCUT2D eigenvalue weighted by Gasteiger charge is -2.36. The van der Waals surface area contributed by atoms with Gasteiger partial charge in [0, 0.05) is 50.0 Å². The van der Waals surface area contributed by atoms with Crippen LogP contribution in [0.3, 0.4) is 0 Å². The number of fused-ring (bicyclic) bond motifs is 1. The molecule has 0 atom stereocenters. The average molecular weight is 438 g/mol. The van der Waals surface area contributed by atoms with Crippen LogP contribution in [0.4, 0.5) is 5.69 Å². The van der Waals surface area contributed by atoms with E-state index in [2.05, 4.69) is 15.1 Å². The predicted octanol–water partition coefficient (Wildman–Crippen LogP) is 2.90. The Morgan fingerprint density at radius 3 is 2.75 bits per heavy atom. The Morgan fingerprint density at radius 1 is 1.12 bits per heavy atom. The van der Waals surface area contributed by atoms with Crippen LogP contribution in [0.5, 0.6) is 17.2 Å². The third kappa shape index (κ3) is 5.53. The molecule has 0 radical (unpaired) electrons. The number of carbonyl (C=O) groups is 1. The third-order valence-electron chi connectivity index (χ3n) is 5.98. The Bertz CT molecular complexity index is 967. The number of unbranched alkanes of at least 4 members (excludes halogenated alkanes) is 1. The van der Waals surface area contributed by atoms with E-state index < -0.39 is 0 Å². The summed E-state index contributed by atoms with van der Waals surface area (Å²) >= 11 is 0. The molecule has 170 valence electrons. The molecule has 0 aliphatic carbocycles. The van der Waals surface area contributed by atoms with Gasteiger partial charge < -0.3 is 24.8 Å². The number of methoxy groups -OCH3 is 1. The zero-order chi connectivity index (χ0) is 22.3. The third-order valence-corrected chi connectivity index (χ3v) is 5.98. The molecule has 2 N–H and O–H groups in total. The van der Waals surface area contributed by atoms with Gasteiger partial charge in [0.05, 0.1) is 12.7 Å². The topological polar surface area (TPSA) is 74.3 Å². The van der Waals surface area contributed by atoms with Crippen molar-refractivity contribution in [1.82, 2.24) is 10.2 Å². The van der Waals surface area contributed by atoms with Crippen molar-refractivity contribution < 1.29 is 19.4 Å². The van der Waals surface area contributed by atoms with Gasteiger partial charge in [0.1, 0.15) is 23.9 Å². The fourth-order valence-corrected chi connectivity index (χ4v) is 4.11. The summed E-state index contributed by atoms with van der Waals surface area (Å²) in [5.41, 5.74) is 2.58. The molecule has 0 bridgehead atoms. The van der Waals surface area contributed by atoms with Gasteiger partial charge in [-0.1, -0.05) is 6.07 Å². The maximum absolute atomic E-state index is 12.5. The van der Waals surface area contributed by atoms with Gasteiger partial charge in [0.15, 0.2) is 0 Å². The number of amides is 1. The monoisotopic (exact) mass is 437 g/mol. The fourth-order valence-electron chi connectivity index (χ4n) is 4.11. The van der Waals surface area contributed by atoms with Crippen LogP contribution in [0.25, 0.3) is 6.08 Å². The highest BCUT2D eigenvalue weighted by Crippen LogP contribution is 2.30. The van der Waals surface area contributed by atoms with Crippen LogP contribution in [0.15, 0.2) is 48.0 Å². The first kappa shape index (κ1) is 22.0. The zero-order valence-electron chi connectivity index (χ0n) is 18.5. The van der Waals surface area contributed by atoms with Crippen molar-refractivity contribution in [3.05, 3.63) is 53.6 Å². The number of phenolic OH excluding ortho intramolecular Hbond substituents is 1. The van der Waals surface area contributed by atoms with Crippen LogP contribution in [-0.4, -0.2) is 68.9 Å². The number of rotatable bonds is 8. The normalized spacial score (nSPS) is 16.0. The van der Waals surface area contributed by atoms with Crippen molar-refractivity contribution in [3.63, 3.8) is 0 Å².